The fourth-order valence-corrected chi connectivity index (χ4v) is 2.75. The molecule has 1 heterocycles. The molecule has 2 fully saturated rings. The zero-order valence-corrected chi connectivity index (χ0v) is 9.82. The highest BCUT2D eigenvalue weighted by molar-refractivity contribution is 5.26. The minimum Gasteiger partial charge on any atom is -0.387 e. The van der Waals surface area contributed by atoms with Crippen LogP contribution in [0, 0.1) is 12.8 Å². The van der Waals surface area contributed by atoms with Gasteiger partial charge in [-0.1, -0.05) is 24.3 Å². The average molecular weight is 217 g/mol. The molecule has 86 valence electrons. The normalized spacial score (nSPS) is 24.1. The summed E-state index contributed by atoms with van der Waals surface area (Å²) in [6.07, 6.45) is 2.46. The predicted octanol–water partition coefficient (Wildman–Crippen LogP) is 1.95. The second-order valence-electron chi connectivity index (χ2n) is 5.45. The molecule has 0 bridgehead atoms. The fourth-order valence-electron chi connectivity index (χ4n) is 2.75. The Kier molecular flexibility index (Phi) is 2.30. The van der Waals surface area contributed by atoms with E-state index in [1.165, 1.54) is 24.0 Å². The van der Waals surface area contributed by atoms with E-state index in [4.69, 9.17) is 0 Å². The highest BCUT2D eigenvalue weighted by atomic mass is 16.3. The number of aliphatic hydroxyl groups is 1. The molecule has 1 aliphatic heterocycles. The number of β-amino-alcohol motifs (C(OH)–C–C–N with tert-alkyl or cyclic N) is 1. The highest BCUT2D eigenvalue weighted by Gasteiger charge is 2.51. The molecular formula is C14H19NO. The van der Waals surface area contributed by atoms with Crippen LogP contribution >= 0.6 is 0 Å². The molecule has 2 aliphatic rings. The Morgan fingerprint density at radius 2 is 2.00 bits per heavy atom. The van der Waals surface area contributed by atoms with Crippen LogP contribution < -0.4 is 0 Å². The minimum absolute atomic E-state index is 0.345. The Morgan fingerprint density at radius 1 is 1.31 bits per heavy atom. The molecule has 2 heteroatoms. The van der Waals surface area contributed by atoms with Crippen LogP contribution in [-0.2, 0) is 6.54 Å². The van der Waals surface area contributed by atoms with Gasteiger partial charge in [-0.25, -0.2) is 0 Å². The summed E-state index contributed by atoms with van der Waals surface area (Å²) in [6, 6.07) is 8.51. The number of aryl methyl sites for hydroxylation is 1. The monoisotopic (exact) mass is 217 g/mol. The van der Waals surface area contributed by atoms with Crippen molar-refractivity contribution in [2.45, 2.75) is 31.9 Å². The smallest absolute Gasteiger partial charge is 0.0928 e. The third-order valence-corrected chi connectivity index (χ3v) is 3.99. The van der Waals surface area contributed by atoms with Crippen LogP contribution in [-0.4, -0.2) is 28.7 Å². The molecule has 0 unspecified atom stereocenters. The van der Waals surface area contributed by atoms with Gasteiger partial charge in [-0.2, -0.15) is 0 Å². The van der Waals surface area contributed by atoms with Gasteiger partial charge in [-0.3, -0.25) is 4.90 Å². The maximum Gasteiger partial charge on any atom is 0.0928 e. The largest absolute Gasteiger partial charge is 0.387 e. The fraction of sp³-hybridized carbons (Fsp3) is 0.571. The number of benzene rings is 1. The molecule has 1 saturated carbocycles. The van der Waals surface area contributed by atoms with E-state index in [9.17, 15) is 5.11 Å². The Labute approximate surface area is 96.9 Å². The first-order valence-electron chi connectivity index (χ1n) is 6.17. The van der Waals surface area contributed by atoms with Crippen LogP contribution in [0.4, 0.5) is 0 Å². The van der Waals surface area contributed by atoms with Crippen molar-refractivity contribution in [2.75, 3.05) is 13.1 Å². The minimum atomic E-state index is -0.345. The maximum atomic E-state index is 10.2. The van der Waals surface area contributed by atoms with Gasteiger partial charge in [0.1, 0.15) is 0 Å². The molecule has 0 amide bonds. The van der Waals surface area contributed by atoms with Crippen LogP contribution in [0.2, 0.25) is 0 Å². The summed E-state index contributed by atoms with van der Waals surface area (Å²) in [7, 11) is 0. The zero-order valence-electron chi connectivity index (χ0n) is 9.82. The van der Waals surface area contributed by atoms with Gasteiger partial charge in [0.25, 0.3) is 0 Å². The van der Waals surface area contributed by atoms with Crippen molar-refractivity contribution in [3.63, 3.8) is 0 Å². The molecule has 3 rings (SSSR count). The van der Waals surface area contributed by atoms with Gasteiger partial charge < -0.3 is 5.11 Å². The van der Waals surface area contributed by atoms with Crippen molar-refractivity contribution in [3.05, 3.63) is 35.4 Å². The van der Waals surface area contributed by atoms with Gasteiger partial charge in [0.05, 0.1) is 5.60 Å². The van der Waals surface area contributed by atoms with Crippen LogP contribution in [0.25, 0.3) is 0 Å². The highest BCUT2D eigenvalue weighted by Crippen LogP contribution is 2.44. The van der Waals surface area contributed by atoms with E-state index in [0.717, 1.165) is 19.6 Å². The Hall–Kier alpha value is -0.860. The number of rotatable bonds is 3. The summed E-state index contributed by atoms with van der Waals surface area (Å²) >= 11 is 0. The Balaban J connectivity index is 1.60. The van der Waals surface area contributed by atoms with Crippen molar-refractivity contribution < 1.29 is 5.11 Å². The first kappa shape index (κ1) is 10.3. The van der Waals surface area contributed by atoms with Crippen molar-refractivity contribution in [1.29, 1.82) is 0 Å². The maximum absolute atomic E-state index is 10.2. The summed E-state index contributed by atoms with van der Waals surface area (Å²) < 4.78 is 0. The SMILES string of the molecule is Cc1ccccc1CN1CC(O)(C2CC2)C1. The molecule has 1 aliphatic carbocycles. The van der Waals surface area contributed by atoms with E-state index < -0.39 is 0 Å². The van der Waals surface area contributed by atoms with Crippen LogP contribution in [0.15, 0.2) is 24.3 Å². The lowest BCUT2D eigenvalue weighted by atomic mass is 9.88. The Morgan fingerprint density at radius 3 is 2.62 bits per heavy atom. The third-order valence-electron chi connectivity index (χ3n) is 3.99. The van der Waals surface area contributed by atoms with Gasteiger partial charge in [0.15, 0.2) is 0 Å². The lowest BCUT2D eigenvalue weighted by molar-refractivity contribution is -0.116. The number of hydrogen-bond acceptors (Lipinski definition) is 2. The van der Waals surface area contributed by atoms with Crippen molar-refractivity contribution in [3.8, 4) is 0 Å². The third kappa shape index (κ3) is 1.76. The molecule has 0 atom stereocenters. The summed E-state index contributed by atoms with van der Waals surface area (Å²) in [5.74, 6) is 0.598. The van der Waals surface area contributed by atoms with E-state index in [2.05, 4.69) is 36.1 Å². The standard InChI is InChI=1S/C14H19NO/c1-11-4-2-3-5-12(11)8-15-9-14(16,10-15)13-6-7-13/h2-5,13,16H,6-10H2,1H3. The molecule has 16 heavy (non-hydrogen) atoms. The molecule has 2 nitrogen and oxygen atoms in total. The van der Waals surface area contributed by atoms with Crippen LogP contribution in [0.5, 0.6) is 0 Å². The van der Waals surface area contributed by atoms with Gasteiger partial charge in [0.2, 0.25) is 0 Å². The van der Waals surface area contributed by atoms with E-state index in [0.29, 0.717) is 5.92 Å². The molecular weight excluding hydrogens is 198 g/mol. The van der Waals surface area contributed by atoms with E-state index in [1.807, 2.05) is 0 Å². The van der Waals surface area contributed by atoms with Gasteiger partial charge in [-0.05, 0) is 36.8 Å². The lowest BCUT2D eigenvalue weighted by Crippen LogP contribution is -2.62. The first-order chi connectivity index (χ1) is 7.67. The zero-order chi connectivity index (χ0) is 11.2. The van der Waals surface area contributed by atoms with Gasteiger partial charge in [0, 0.05) is 19.6 Å². The number of hydrogen-bond donors (Lipinski definition) is 1. The first-order valence-corrected chi connectivity index (χ1v) is 6.17. The van der Waals surface area contributed by atoms with Crippen LogP contribution in [0.3, 0.4) is 0 Å². The average Bonchev–Trinajstić information content (AvgIpc) is 3.02. The van der Waals surface area contributed by atoms with E-state index in [-0.39, 0.29) is 5.60 Å². The van der Waals surface area contributed by atoms with E-state index >= 15 is 0 Å². The van der Waals surface area contributed by atoms with Gasteiger partial charge >= 0.3 is 0 Å². The Bertz CT molecular complexity index is 391. The van der Waals surface area contributed by atoms with Crippen molar-refractivity contribution in [1.82, 2.24) is 4.90 Å². The molecule has 0 spiro atoms. The quantitative estimate of drug-likeness (QED) is 0.836. The molecule has 1 aromatic carbocycles. The topological polar surface area (TPSA) is 23.5 Å². The molecule has 1 N–H and O–H groups in total. The summed E-state index contributed by atoms with van der Waals surface area (Å²) in [5.41, 5.74) is 2.40. The predicted molar refractivity (Wildman–Crippen MR) is 64.1 cm³/mol. The number of likely N-dealkylation sites (tertiary alicyclic amines) is 1. The van der Waals surface area contributed by atoms with Gasteiger partial charge in [-0.15, -0.1) is 0 Å². The molecule has 1 aromatic rings. The molecule has 0 aromatic heterocycles. The van der Waals surface area contributed by atoms with Crippen molar-refractivity contribution in [2.24, 2.45) is 5.92 Å². The second kappa shape index (κ2) is 3.57. The van der Waals surface area contributed by atoms with Crippen molar-refractivity contribution >= 4 is 0 Å². The van der Waals surface area contributed by atoms with E-state index in [1.54, 1.807) is 0 Å². The molecule has 1 saturated heterocycles. The lowest BCUT2D eigenvalue weighted by Gasteiger charge is -2.47. The molecule has 0 radical (unpaired) electrons. The summed E-state index contributed by atoms with van der Waals surface area (Å²) in [4.78, 5) is 2.35. The summed E-state index contributed by atoms with van der Waals surface area (Å²) in [6.45, 7) is 4.88. The second-order valence-corrected chi connectivity index (χ2v) is 5.45. The van der Waals surface area contributed by atoms with Crippen LogP contribution in [0.1, 0.15) is 24.0 Å². The summed E-state index contributed by atoms with van der Waals surface area (Å²) in [5, 5.41) is 10.2. The number of nitrogens with zero attached hydrogens (tertiary/aromatic N) is 1.